The number of likely N-dealkylation sites (tertiary alicyclic amines) is 1. The van der Waals surface area contributed by atoms with Gasteiger partial charge in [-0.05, 0) is 36.6 Å². The molecule has 2 atom stereocenters. The van der Waals surface area contributed by atoms with Crippen LogP contribution in [0.2, 0.25) is 0 Å². The van der Waals surface area contributed by atoms with Gasteiger partial charge in [0.15, 0.2) is 0 Å². The van der Waals surface area contributed by atoms with Gasteiger partial charge in [-0.2, -0.15) is 5.26 Å². The Morgan fingerprint density at radius 2 is 2.00 bits per heavy atom. The number of carboxylic acids is 1. The predicted octanol–water partition coefficient (Wildman–Crippen LogP) is 1.49. The summed E-state index contributed by atoms with van der Waals surface area (Å²) >= 11 is 0. The summed E-state index contributed by atoms with van der Waals surface area (Å²) in [6.07, 6.45) is 0.693. The Kier molecular flexibility index (Phi) is 3.52. The van der Waals surface area contributed by atoms with Crippen LogP contribution in [0.5, 0.6) is 0 Å². The lowest BCUT2D eigenvalue weighted by Gasteiger charge is -2.23. The number of nitriles is 1. The van der Waals surface area contributed by atoms with Crippen molar-refractivity contribution in [2.24, 2.45) is 5.92 Å². The second-order valence-electron chi connectivity index (χ2n) is 4.74. The number of carboxylic acid groups (broad SMARTS) is 1. The highest BCUT2D eigenvalue weighted by atomic mass is 16.4. The molecule has 0 aromatic heterocycles. The zero-order valence-electron chi connectivity index (χ0n) is 10.5. The van der Waals surface area contributed by atoms with E-state index in [-0.39, 0.29) is 11.8 Å². The van der Waals surface area contributed by atoms with Crippen LogP contribution in [-0.2, 0) is 4.79 Å². The normalized spacial score (nSPS) is 22.0. The van der Waals surface area contributed by atoms with Crippen LogP contribution in [0.25, 0.3) is 0 Å². The van der Waals surface area contributed by atoms with E-state index in [1.807, 2.05) is 13.0 Å². The minimum absolute atomic E-state index is 0.0418. The van der Waals surface area contributed by atoms with Crippen molar-refractivity contribution < 1.29 is 14.7 Å². The van der Waals surface area contributed by atoms with Crippen molar-refractivity contribution in [2.75, 3.05) is 6.54 Å². The Bertz CT molecular complexity index is 545. The summed E-state index contributed by atoms with van der Waals surface area (Å²) in [5.74, 6) is -1.30. The van der Waals surface area contributed by atoms with E-state index in [1.54, 1.807) is 24.3 Å². The van der Waals surface area contributed by atoms with Crippen molar-refractivity contribution in [1.82, 2.24) is 4.90 Å². The van der Waals surface area contributed by atoms with E-state index in [9.17, 15) is 14.7 Å². The van der Waals surface area contributed by atoms with E-state index >= 15 is 0 Å². The van der Waals surface area contributed by atoms with Crippen LogP contribution >= 0.6 is 0 Å². The Hall–Kier alpha value is -2.35. The average Bonchev–Trinajstić information content (AvgIpc) is 2.80. The van der Waals surface area contributed by atoms with E-state index in [0.717, 1.165) is 0 Å². The maximum atomic E-state index is 12.3. The van der Waals surface area contributed by atoms with E-state index in [4.69, 9.17) is 5.26 Å². The van der Waals surface area contributed by atoms with Gasteiger partial charge in [-0.3, -0.25) is 4.79 Å². The van der Waals surface area contributed by atoms with E-state index in [0.29, 0.717) is 24.1 Å². The molecular weight excluding hydrogens is 244 g/mol. The van der Waals surface area contributed by atoms with Gasteiger partial charge in [0.05, 0.1) is 11.6 Å². The van der Waals surface area contributed by atoms with Gasteiger partial charge in [0.1, 0.15) is 6.04 Å². The fourth-order valence-corrected chi connectivity index (χ4v) is 2.40. The fourth-order valence-electron chi connectivity index (χ4n) is 2.40. The average molecular weight is 258 g/mol. The van der Waals surface area contributed by atoms with Crippen LogP contribution in [0.3, 0.4) is 0 Å². The first kappa shape index (κ1) is 13.1. The molecule has 0 spiro atoms. The molecule has 98 valence electrons. The molecule has 19 heavy (non-hydrogen) atoms. The Morgan fingerprint density at radius 3 is 2.53 bits per heavy atom. The van der Waals surface area contributed by atoms with Crippen molar-refractivity contribution in [1.29, 1.82) is 5.26 Å². The van der Waals surface area contributed by atoms with E-state index in [2.05, 4.69) is 0 Å². The molecule has 0 bridgehead atoms. The Morgan fingerprint density at radius 1 is 1.37 bits per heavy atom. The van der Waals surface area contributed by atoms with Crippen LogP contribution in [0.4, 0.5) is 0 Å². The van der Waals surface area contributed by atoms with Crippen molar-refractivity contribution >= 4 is 11.9 Å². The van der Waals surface area contributed by atoms with Gasteiger partial charge in [0.2, 0.25) is 0 Å². The van der Waals surface area contributed by atoms with Gasteiger partial charge in [0, 0.05) is 12.1 Å². The smallest absolute Gasteiger partial charge is 0.326 e. The molecule has 0 aliphatic carbocycles. The number of carbonyl (C=O) groups is 2. The minimum atomic E-state index is -0.966. The van der Waals surface area contributed by atoms with Crippen molar-refractivity contribution in [3.8, 4) is 6.07 Å². The topological polar surface area (TPSA) is 81.4 Å². The highest BCUT2D eigenvalue weighted by Crippen LogP contribution is 2.25. The zero-order chi connectivity index (χ0) is 14.0. The van der Waals surface area contributed by atoms with E-state index < -0.39 is 12.0 Å². The number of amides is 1. The van der Waals surface area contributed by atoms with Crippen molar-refractivity contribution in [3.05, 3.63) is 35.4 Å². The Labute approximate surface area is 111 Å². The monoisotopic (exact) mass is 258 g/mol. The largest absolute Gasteiger partial charge is 0.480 e. The number of hydrogen-bond donors (Lipinski definition) is 1. The molecule has 1 amide bonds. The van der Waals surface area contributed by atoms with Crippen LogP contribution in [0, 0.1) is 17.2 Å². The maximum Gasteiger partial charge on any atom is 0.326 e. The Balaban J connectivity index is 2.23. The third-order valence-electron chi connectivity index (χ3n) is 3.47. The molecule has 1 aromatic carbocycles. The molecule has 0 radical (unpaired) electrons. The molecular formula is C14H14N2O3. The van der Waals surface area contributed by atoms with Gasteiger partial charge in [-0.15, -0.1) is 0 Å². The van der Waals surface area contributed by atoms with Gasteiger partial charge in [-0.1, -0.05) is 6.92 Å². The molecule has 2 unspecified atom stereocenters. The standard InChI is InChI=1S/C14H14N2O3/c1-9-6-7-16(12(9)14(18)19)13(17)11-4-2-10(8-15)3-5-11/h2-5,9,12H,6-7H2,1H3,(H,18,19). The second-order valence-corrected chi connectivity index (χ2v) is 4.74. The van der Waals surface area contributed by atoms with Crippen LogP contribution in [-0.4, -0.2) is 34.5 Å². The predicted molar refractivity (Wildman–Crippen MR) is 67.4 cm³/mol. The fraction of sp³-hybridized carbons (Fsp3) is 0.357. The zero-order valence-corrected chi connectivity index (χ0v) is 10.5. The lowest BCUT2D eigenvalue weighted by Crippen LogP contribution is -2.42. The minimum Gasteiger partial charge on any atom is -0.480 e. The lowest BCUT2D eigenvalue weighted by atomic mass is 10.0. The van der Waals surface area contributed by atoms with E-state index in [1.165, 1.54) is 4.90 Å². The van der Waals surface area contributed by atoms with Gasteiger partial charge >= 0.3 is 5.97 Å². The number of benzene rings is 1. The highest BCUT2D eigenvalue weighted by Gasteiger charge is 2.39. The summed E-state index contributed by atoms with van der Waals surface area (Å²) < 4.78 is 0. The number of carbonyl (C=O) groups excluding carboxylic acids is 1. The van der Waals surface area contributed by atoms with Gasteiger partial charge in [0.25, 0.3) is 5.91 Å². The SMILES string of the molecule is CC1CCN(C(=O)c2ccc(C#N)cc2)C1C(=O)O. The summed E-state index contributed by atoms with van der Waals surface area (Å²) in [5.41, 5.74) is 0.889. The molecule has 1 saturated heterocycles. The maximum absolute atomic E-state index is 12.3. The quantitative estimate of drug-likeness (QED) is 0.871. The second kappa shape index (κ2) is 5.11. The van der Waals surface area contributed by atoms with Crippen LogP contribution < -0.4 is 0 Å². The van der Waals surface area contributed by atoms with Crippen molar-refractivity contribution in [3.63, 3.8) is 0 Å². The number of rotatable bonds is 2. The van der Waals surface area contributed by atoms with Crippen LogP contribution in [0.1, 0.15) is 29.3 Å². The summed E-state index contributed by atoms with van der Waals surface area (Å²) in [6.45, 7) is 2.29. The molecule has 1 aliphatic heterocycles. The molecule has 5 nitrogen and oxygen atoms in total. The first-order chi connectivity index (χ1) is 9.04. The summed E-state index contributed by atoms with van der Waals surface area (Å²) in [4.78, 5) is 24.9. The number of nitrogens with zero attached hydrogens (tertiary/aromatic N) is 2. The molecule has 1 fully saturated rings. The first-order valence-electron chi connectivity index (χ1n) is 6.08. The van der Waals surface area contributed by atoms with Gasteiger partial charge in [-0.25, -0.2) is 4.79 Å². The molecule has 2 rings (SSSR count). The summed E-state index contributed by atoms with van der Waals surface area (Å²) in [6, 6.07) is 7.45. The molecule has 0 saturated carbocycles. The van der Waals surface area contributed by atoms with Crippen LogP contribution in [0.15, 0.2) is 24.3 Å². The highest BCUT2D eigenvalue weighted by molar-refractivity contribution is 5.97. The van der Waals surface area contributed by atoms with Gasteiger partial charge < -0.3 is 10.0 Å². The summed E-state index contributed by atoms with van der Waals surface area (Å²) in [7, 11) is 0. The van der Waals surface area contributed by atoms with Crippen molar-refractivity contribution in [2.45, 2.75) is 19.4 Å². The third-order valence-corrected chi connectivity index (χ3v) is 3.47. The number of aliphatic carboxylic acids is 1. The summed E-state index contributed by atoms with van der Waals surface area (Å²) in [5, 5.41) is 17.9. The third kappa shape index (κ3) is 2.43. The molecule has 1 N–H and O–H groups in total. The first-order valence-corrected chi connectivity index (χ1v) is 6.08. The number of hydrogen-bond acceptors (Lipinski definition) is 3. The lowest BCUT2D eigenvalue weighted by molar-refractivity contribution is -0.142. The molecule has 5 heteroatoms. The molecule has 1 aliphatic rings. The molecule has 1 aromatic rings. The molecule has 1 heterocycles.